The van der Waals surface area contributed by atoms with E-state index in [9.17, 15) is 9.50 Å². The predicted molar refractivity (Wildman–Crippen MR) is 96.5 cm³/mol. The third-order valence-corrected chi connectivity index (χ3v) is 5.20. The van der Waals surface area contributed by atoms with Crippen LogP contribution in [-0.2, 0) is 0 Å². The molecule has 1 saturated heterocycles. The molecule has 134 valence electrons. The Balaban J connectivity index is 1.86. The van der Waals surface area contributed by atoms with Gasteiger partial charge in [0.25, 0.3) is 0 Å². The van der Waals surface area contributed by atoms with Crippen LogP contribution in [0.25, 0.3) is 0 Å². The van der Waals surface area contributed by atoms with Crippen LogP contribution in [0.1, 0.15) is 42.4 Å². The molecule has 0 aliphatic carbocycles. The first-order valence-electron chi connectivity index (χ1n) is 9.09. The molecule has 3 rings (SSSR count). The smallest absolute Gasteiger partial charge is 0.165 e. The van der Waals surface area contributed by atoms with E-state index in [0.29, 0.717) is 5.56 Å². The first kappa shape index (κ1) is 17.9. The molecule has 1 heterocycles. The minimum absolute atomic E-state index is 0.0536. The summed E-state index contributed by atoms with van der Waals surface area (Å²) >= 11 is 0. The molecule has 2 atom stereocenters. The molecule has 1 aliphatic heterocycles. The molecule has 3 nitrogen and oxygen atoms in total. The third-order valence-electron chi connectivity index (χ3n) is 5.20. The lowest BCUT2D eigenvalue weighted by atomic mass is 9.88. The second-order valence-corrected chi connectivity index (χ2v) is 6.87. The van der Waals surface area contributed by atoms with Gasteiger partial charge in [0.1, 0.15) is 0 Å². The lowest BCUT2D eigenvalue weighted by Gasteiger charge is -2.30. The van der Waals surface area contributed by atoms with E-state index in [2.05, 4.69) is 12.1 Å². The molecule has 0 saturated carbocycles. The second kappa shape index (κ2) is 8.45. The summed E-state index contributed by atoms with van der Waals surface area (Å²) in [7, 11) is 1.45. The molecule has 25 heavy (non-hydrogen) atoms. The Bertz CT molecular complexity index is 671. The number of likely N-dealkylation sites (tertiary alicyclic amines) is 1. The highest BCUT2D eigenvalue weighted by Gasteiger charge is 2.28. The van der Waals surface area contributed by atoms with Gasteiger partial charge in [-0.2, -0.15) is 0 Å². The zero-order valence-corrected chi connectivity index (χ0v) is 14.7. The van der Waals surface area contributed by atoms with Gasteiger partial charge in [-0.3, -0.25) is 0 Å². The van der Waals surface area contributed by atoms with Crippen LogP contribution in [0.5, 0.6) is 5.75 Å². The van der Waals surface area contributed by atoms with Gasteiger partial charge >= 0.3 is 0 Å². The van der Waals surface area contributed by atoms with Crippen molar-refractivity contribution in [3.63, 3.8) is 0 Å². The summed E-state index contributed by atoms with van der Waals surface area (Å²) in [6.45, 7) is 3.15. The van der Waals surface area contributed by atoms with Gasteiger partial charge in [0.05, 0.1) is 38.8 Å². The van der Waals surface area contributed by atoms with E-state index < -0.39 is 11.9 Å². The molecule has 1 fully saturated rings. The summed E-state index contributed by atoms with van der Waals surface area (Å²) in [5.74, 6) is -0.285. The number of aliphatic hydroxyl groups excluding tert-OH is 1. The number of hydrogen-bond donors (Lipinski definition) is 2. The van der Waals surface area contributed by atoms with Crippen molar-refractivity contribution in [3.05, 3.63) is 65.5 Å². The Labute approximate surface area is 149 Å². The Morgan fingerprint density at radius 2 is 1.76 bits per heavy atom. The third kappa shape index (κ3) is 4.39. The molecule has 0 bridgehead atoms. The maximum absolute atomic E-state index is 14.1. The average molecular weight is 344 g/mol. The number of aliphatic hydroxyl groups is 1. The van der Waals surface area contributed by atoms with Crippen LogP contribution < -0.4 is 9.64 Å². The van der Waals surface area contributed by atoms with Gasteiger partial charge in [0.15, 0.2) is 11.6 Å². The molecular weight excluding hydrogens is 317 g/mol. The number of hydrogen-bond acceptors (Lipinski definition) is 2. The first-order chi connectivity index (χ1) is 12.2. The minimum atomic E-state index is -0.739. The molecule has 0 radical (unpaired) electrons. The highest BCUT2D eigenvalue weighted by Crippen LogP contribution is 2.32. The summed E-state index contributed by atoms with van der Waals surface area (Å²) in [6.07, 6.45) is 3.04. The monoisotopic (exact) mass is 344 g/mol. The van der Waals surface area contributed by atoms with Crippen molar-refractivity contribution < 1.29 is 19.1 Å². The molecule has 0 unspecified atom stereocenters. The molecule has 2 N–H and O–H groups in total. The van der Waals surface area contributed by atoms with Gasteiger partial charge in [0.2, 0.25) is 0 Å². The highest BCUT2D eigenvalue weighted by atomic mass is 19.1. The Hall–Kier alpha value is -1.91. The van der Waals surface area contributed by atoms with Gasteiger partial charge in [-0.1, -0.05) is 36.4 Å². The Morgan fingerprint density at radius 3 is 2.40 bits per heavy atom. The van der Waals surface area contributed by atoms with Crippen molar-refractivity contribution in [2.24, 2.45) is 0 Å². The van der Waals surface area contributed by atoms with Crippen LogP contribution >= 0.6 is 0 Å². The standard InChI is InChI=1S/C21H26FNO2/c1-25-20-11-10-17(14-19(20)22)21(24)18(16-8-4-2-5-9-16)15-23-12-6-3-7-13-23/h2,4-5,8-11,14,18,21,24H,3,6-7,12-13,15H2,1H3/p+1/t18-,21-/m0/s1. The van der Waals surface area contributed by atoms with Crippen molar-refractivity contribution >= 4 is 0 Å². The number of benzene rings is 2. The van der Waals surface area contributed by atoms with E-state index in [1.54, 1.807) is 12.1 Å². The zero-order chi connectivity index (χ0) is 17.6. The first-order valence-corrected chi connectivity index (χ1v) is 9.09. The van der Waals surface area contributed by atoms with Crippen molar-refractivity contribution in [3.8, 4) is 5.75 Å². The summed E-state index contributed by atoms with van der Waals surface area (Å²) in [5, 5.41) is 11.0. The van der Waals surface area contributed by atoms with E-state index >= 15 is 0 Å². The summed E-state index contributed by atoms with van der Waals surface area (Å²) in [5.41, 5.74) is 1.70. The van der Waals surface area contributed by atoms with Crippen LogP contribution in [0, 0.1) is 5.82 Å². The number of rotatable bonds is 6. The zero-order valence-electron chi connectivity index (χ0n) is 14.7. The number of ether oxygens (including phenoxy) is 1. The summed E-state index contributed by atoms with van der Waals surface area (Å²) < 4.78 is 19.1. The highest BCUT2D eigenvalue weighted by molar-refractivity contribution is 5.33. The number of methoxy groups -OCH3 is 1. The van der Waals surface area contributed by atoms with Crippen LogP contribution in [0.2, 0.25) is 0 Å². The molecule has 0 amide bonds. The van der Waals surface area contributed by atoms with Crippen molar-refractivity contribution in [1.29, 1.82) is 0 Å². The molecule has 2 aromatic carbocycles. The Kier molecular flexibility index (Phi) is 6.05. The quantitative estimate of drug-likeness (QED) is 0.845. The molecule has 2 aromatic rings. The summed E-state index contributed by atoms with van der Waals surface area (Å²) in [4.78, 5) is 1.52. The van der Waals surface area contributed by atoms with E-state index in [1.165, 1.54) is 37.3 Å². The number of quaternary nitrogens is 1. The van der Waals surface area contributed by atoms with Gasteiger partial charge in [-0.05, 0) is 42.5 Å². The van der Waals surface area contributed by atoms with Gasteiger partial charge in [-0.15, -0.1) is 0 Å². The van der Waals surface area contributed by atoms with Gasteiger partial charge < -0.3 is 14.7 Å². The molecule has 0 spiro atoms. The molecule has 1 aliphatic rings. The normalized spacial score (nSPS) is 17.9. The molecule has 4 heteroatoms. The van der Waals surface area contributed by atoms with Crippen LogP contribution in [0.15, 0.2) is 48.5 Å². The fraction of sp³-hybridized carbons (Fsp3) is 0.429. The van der Waals surface area contributed by atoms with Crippen LogP contribution in [0.4, 0.5) is 4.39 Å². The minimum Gasteiger partial charge on any atom is -0.494 e. The van der Waals surface area contributed by atoms with Crippen LogP contribution in [0.3, 0.4) is 0 Å². The van der Waals surface area contributed by atoms with E-state index in [-0.39, 0.29) is 11.7 Å². The fourth-order valence-corrected chi connectivity index (χ4v) is 3.78. The van der Waals surface area contributed by atoms with Crippen molar-refractivity contribution in [1.82, 2.24) is 0 Å². The molecule has 0 aromatic heterocycles. The van der Waals surface area contributed by atoms with E-state index in [4.69, 9.17) is 4.74 Å². The topological polar surface area (TPSA) is 33.9 Å². The largest absolute Gasteiger partial charge is 0.494 e. The fourth-order valence-electron chi connectivity index (χ4n) is 3.78. The predicted octanol–water partition coefficient (Wildman–Crippen LogP) is 2.72. The van der Waals surface area contributed by atoms with Crippen molar-refractivity contribution in [2.45, 2.75) is 31.3 Å². The molecular formula is C21H27FNO2+. The SMILES string of the molecule is COc1ccc([C@H](O)[C@@H](C[NH+]2CCCCC2)c2ccccc2)cc1F. The van der Waals surface area contributed by atoms with E-state index in [0.717, 1.165) is 25.2 Å². The maximum Gasteiger partial charge on any atom is 0.165 e. The lowest BCUT2D eigenvalue weighted by Crippen LogP contribution is -3.13. The number of nitrogens with one attached hydrogen (secondary N) is 1. The number of halogens is 1. The lowest BCUT2D eigenvalue weighted by molar-refractivity contribution is -0.906. The maximum atomic E-state index is 14.1. The van der Waals surface area contributed by atoms with Crippen LogP contribution in [-0.4, -0.2) is 31.9 Å². The number of piperidine rings is 1. The average Bonchev–Trinajstić information content (AvgIpc) is 2.67. The van der Waals surface area contributed by atoms with Crippen molar-refractivity contribution in [2.75, 3.05) is 26.7 Å². The second-order valence-electron chi connectivity index (χ2n) is 6.87. The Morgan fingerprint density at radius 1 is 1.04 bits per heavy atom. The van der Waals surface area contributed by atoms with E-state index in [1.807, 2.05) is 18.2 Å². The van der Waals surface area contributed by atoms with Gasteiger partial charge in [-0.25, -0.2) is 4.39 Å². The summed E-state index contributed by atoms with van der Waals surface area (Å²) in [6, 6.07) is 14.8. The van der Waals surface area contributed by atoms with Gasteiger partial charge in [0, 0.05) is 0 Å².